The van der Waals surface area contributed by atoms with Crippen LogP contribution in [0.15, 0.2) is 30.3 Å². The van der Waals surface area contributed by atoms with Gasteiger partial charge >= 0.3 is 11.9 Å². The highest BCUT2D eigenvalue weighted by Gasteiger charge is 2.83. The Morgan fingerprint density at radius 1 is 0.963 bits per heavy atom. The quantitative estimate of drug-likeness (QED) is 0.596. The van der Waals surface area contributed by atoms with E-state index in [0.717, 1.165) is 11.8 Å². The van der Waals surface area contributed by atoms with E-state index < -0.39 is 17.4 Å². The standard InChI is InChI=1S/C23H28O4/c1-26-20(24)22(21(25)27-2)12-17-18(14-8-4-3-5-9-14)23(17,13-22)19-15-10-6-7-11-16(15)19/h3-5,8-9,15-19H,6-7,10-13H2,1-2H3/t15-,16+,17-,18-,19?,23?/m0/s1. The summed E-state index contributed by atoms with van der Waals surface area (Å²) in [6, 6.07) is 10.7. The molecule has 0 amide bonds. The Bertz CT molecular complexity index is 744. The van der Waals surface area contributed by atoms with Gasteiger partial charge in [-0.15, -0.1) is 0 Å². The summed E-state index contributed by atoms with van der Waals surface area (Å²) in [6.07, 6.45) is 6.45. The molecule has 1 aromatic rings. The molecule has 0 aromatic heterocycles. The van der Waals surface area contributed by atoms with E-state index in [1.165, 1.54) is 45.5 Å². The van der Waals surface area contributed by atoms with Gasteiger partial charge in [-0.1, -0.05) is 43.2 Å². The highest BCUT2D eigenvalue weighted by molar-refractivity contribution is 6.01. The monoisotopic (exact) mass is 368 g/mol. The van der Waals surface area contributed by atoms with Gasteiger partial charge in [0.2, 0.25) is 0 Å². The van der Waals surface area contributed by atoms with Gasteiger partial charge in [0, 0.05) is 0 Å². The molecule has 27 heavy (non-hydrogen) atoms. The van der Waals surface area contributed by atoms with Crippen molar-refractivity contribution in [1.29, 1.82) is 0 Å². The molecule has 6 atom stereocenters. The Morgan fingerprint density at radius 3 is 2.11 bits per heavy atom. The van der Waals surface area contributed by atoms with Crippen LogP contribution in [0.3, 0.4) is 0 Å². The number of fused-ring (bicyclic) bond motifs is 2. The topological polar surface area (TPSA) is 52.6 Å². The van der Waals surface area contributed by atoms with Crippen molar-refractivity contribution in [3.63, 3.8) is 0 Å². The number of benzene rings is 1. The van der Waals surface area contributed by atoms with Gasteiger partial charge in [0.05, 0.1) is 14.2 Å². The number of esters is 2. The smallest absolute Gasteiger partial charge is 0.323 e. The number of methoxy groups -OCH3 is 2. The molecule has 4 nitrogen and oxygen atoms in total. The predicted octanol–water partition coefficient (Wildman–Crippen LogP) is 3.95. The second-order valence-electron chi connectivity index (χ2n) is 9.19. The number of carbonyl (C=O) groups is 2. The second kappa shape index (κ2) is 5.83. The van der Waals surface area contributed by atoms with Crippen molar-refractivity contribution < 1.29 is 19.1 Å². The molecule has 0 radical (unpaired) electrons. The first-order chi connectivity index (χ1) is 13.1. The SMILES string of the molecule is COC(=O)C1(C(=O)OC)C[C@H]2[C@H](c3ccccc3)C2(C2[C@H]3CCCC[C@@H]23)C1. The Balaban J connectivity index is 1.53. The Morgan fingerprint density at radius 2 is 1.56 bits per heavy atom. The van der Waals surface area contributed by atoms with Crippen LogP contribution >= 0.6 is 0 Å². The third-order valence-electron chi connectivity index (χ3n) is 8.33. The van der Waals surface area contributed by atoms with Crippen LogP contribution in [0.1, 0.15) is 50.0 Å². The molecule has 2 unspecified atom stereocenters. The first-order valence-corrected chi connectivity index (χ1v) is 10.3. The molecular formula is C23H28O4. The second-order valence-corrected chi connectivity index (χ2v) is 9.19. The van der Waals surface area contributed by atoms with Gasteiger partial charge in [-0.25, -0.2) is 0 Å². The van der Waals surface area contributed by atoms with Crippen LogP contribution in [-0.4, -0.2) is 26.2 Å². The molecule has 0 N–H and O–H groups in total. The van der Waals surface area contributed by atoms with E-state index in [0.29, 0.717) is 30.6 Å². The van der Waals surface area contributed by atoms with Gasteiger partial charge in [-0.3, -0.25) is 9.59 Å². The first kappa shape index (κ1) is 17.3. The predicted molar refractivity (Wildman–Crippen MR) is 99.7 cm³/mol. The maximum absolute atomic E-state index is 12.7. The molecule has 0 spiro atoms. The van der Waals surface area contributed by atoms with Crippen molar-refractivity contribution in [2.75, 3.05) is 14.2 Å². The minimum absolute atomic E-state index is 0.0728. The molecule has 0 aliphatic heterocycles. The lowest BCUT2D eigenvalue weighted by Gasteiger charge is -2.29. The van der Waals surface area contributed by atoms with Crippen molar-refractivity contribution in [3.8, 4) is 0 Å². The van der Waals surface area contributed by atoms with Crippen LogP contribution in [-0.2, 0) is 19.1 Å². The molecule has 1 aromatic carbocycles. The highest BCUT2D eigenvalue weighted by Crippen LogP contribution is 2.86. The molecule has 4 heteroatoms. The van der Waals surface area contributed by atoms with E-state index in [1.807, 2.05) is 0 Å². The number of hydrogen-bond donors (Lipinski definition) is 0. The minimum Gasteiger partial charge on any atom is -0.468 e. The molecule has 5 rings (SSSR count). The van der Waals surface area contributed by atoms with Crippen LogP contribution in [0, 0.1) is 34.5 Å². The van der Waals surface area contributed by atoms with Gasteiger partial charge in [0.1, 0.15) is 0 Å². The van der Waals surface area contributed by atoms with Gasteiger partial charge < -0.3 is 9.47 Å². The Hall–Kier alpha value is -1.84. The lowest BCUT2D eigenvalue weighted by Crippen LogP contribution is -2.41. The molecular weight excluding hydrogens is 340 g/mol. The fourth-order valence-corrected chi connectivity index (χ4v) is 7.41. The summed E-state index contributed by atoms with van der Waals surface area (Å²) in [5.74, 6) is 2.28. The summed E-state index contributed by atoms with van der Waals surface area (Å²) in [5.41, 5.74) is 0.337. The number of ether oxygens (including phenoxy) is 2. The highest BCUT2D eigenvalue weighted by atomic mass is 16.5. The van der Waals surface area contributed by atoms with E-state index in [-0.39, 0.29) is 5.41 Å². The minimum atomic E-state index is -1.11. The molecule has 144 valence electrons. The van der Waals surface area contributed by atoms with E-state index >= 15 is 0 Å². The van der Waals surface area contributed by atoms with Crippen molar-refractivity contribution in [2.24, 2.45) is 34.5 Å². The molecule has 4 fully saturated rings. The van der Waals surface area contributed by atoms with E-state index in [2.05, 4.69) is 30.3 Å². The van der Waals surface area contributed by atoms with Crippen molar-refractivity contribution in [2.45, 2.75) is 44.4 Å². The van der Waals surface area contributed by atoms with Gasteiger partial charge in [0.15, 0.2) is 5.41 Å². The Labute approximate surface area is 160 Å². The lowest BCUT2D eigenvalue weighted by molar-refractivity contribution is -0.170. The van der Waals surface area contributed by atoms with Crippen LogP contribution < -0.4 is 0 Å². The molecule has 0 bridgehead atoms. The molecule has 4 aliphatic carbocycles. The third-order valence-corrected chi connectivity index (χ3v) is 8.33. The number of carbonyl (C=O) groups excluding carboxylic acids is 2. The van der Waals surface area contributed by atoms with Gasteiger partial charge in [-0.05, 0) is 66.3 Å². The summed E-state index contributed by atoms with van der Waals surface area (Å²) in [7, 11) is 2.77. The number of rotatable bonds is 4. The summed E-state index contributed by atoms with van der Waals surface area (Å²) in [6.45, 7) is 0. The van der Waals surface area contributed by atoms with Crippen LogP contribution in [0.4, 0.5) is 0 Å². The van der Waals surface area contributed by atoms with Crippen molar-refractivity contribution >= 4 is 11.9 Å². The first-order valence-electron chi connectivity index (χ1n) is 10.3. The van der Waals surface area contributed by atoms with Crippen LogP contribution in [0.5, 0.6) is 0 Å². The average molecular weight is 368 g/mol. The van der Waals surface area contributed by atoms with Crippen molar-refractivity contribution in [1.82, 2.24) is 0 Å². The largest absolute Gasteiger partial charge is 0.468 e. The number of hydrogen-bond acceptors (Lipinski definition) is 4. The zero-order valence-electron chi connectivity index (χ0n) is 16.1. The fourth-order valence-electron chi connectivity index (χ4n) is 7.41. The summed E-state index contributed by atoms with van der Waals surface area (Å²) in [5, 5.41) is 0. The van der Waals surface area contributed by atoms with E-state index in [1.54, 1.807) is 0 Å². The third kappa shape index (κ3) is 2.16. The maximum atomic E-state index is 12.7. The van der Waals surface area contributed by atoms with Crippen LogP contribution in [0.2, 0.25) is 0 Å². The molecule has 4 saturated carbocycles. The van der Waals surface area contributed by atoms with Gasteiger partial charge in [0.25, 0.3) is 0 Å². The molecule has 4 aliphatic rings. The van der Waals surface area contributed by atoms with Gasteiger partial charge in [-0.2, -0.15) is 0 Å². The normalized spacial score (nSPS) is 40.4. The summed E-state index contributed by atoms with van der Waals surface area (Å²) < 4.78 is 10.2. The lowest BCUT2D eigenvalue weighted by atomic mass is 9.75. The zero-order valence-corrected chi connectivity index (χ0v) is 16.1. The van der Waals surface area contributed by atoms with E-state index in [9.17, 15) is 9.59 Å². The summed E-state index contributed by atoms with van der Waals surface area (Å²) in [4.78, 5) is 25.4. The zero-order chi connectivity index (χ0) is 18.8. The summed E-state index contributed by atoms with van der Waals surface area (Å²) >= 11 is 0. The molecule has 0 heterocycles. The van der Waals surface area contributed by atoms with Crippen molar-refractivity contribution in [3.05, 3.63) is 35.9 Å². The fraction of sp³-hybridized carbons (Fsp3) is 0.652. The molecule has 0 saturated heterocycles. The van der Waals surface area contributed by atoms with E-state index in [4.69, 9.17) is 9.47 Å². The maximum Gasteiger partial charge on any atom is 0.323 e. The Kier molecular flexibility index (Phi) is 3.73. The average Bonchev–Trinajstić information content (AvgIpc) is 3.57. The van der Waals surface area contributed by atoms with Crippen LogP contribution in [0.25, 0.3) is 0 Å².